The van der Waals surface area contributed by atoms with Crippen LogP contribution in [0.4, 0.5) is 14.9 Å². The Hall–Kier alpha value is -1.47. The fourth-order valence-corrected chi connectivity index (χ4v) is 3.01. The van der Waals surface area contributed by atoms with Gasteiger partial charge in [0.15, 0.2) is 0 Å². The van der Waals surface area contributed by atoms with E-state index in [1.54, 1.807) is 4.90 Å². The molecule has 2 unspecified atom stereocenters. The van der Waals surface area contributed by atoms with Crippen LogP contribution in [0.3, 0.4) is 0 Å². The van der Waals surface area contributed by atoms with Gasteiger partial charge in [-0.2, -0.15) is 0 Å². The smallest absolute Gasteiger partial charge is 0.321 e. The van der Waals surface area contributed by atoms with Crippen molar-refractivity contribution in [2.45, 2.75) is 17.7 Å². The maximum atomic E-state index is 13.7. The second kappa shape index (κ2) is 7.00. The van der Waals surface area contributed by atoms with E-state index in [0.29, 0.717) is 18.8 Å². The summed E-state index contributed by atoms with van der Waals surface area (Å²) in [5.41, 5.74) is 0.331. The van der Waals surface area contributed by atoms with Crippen molar-refractivity contribution in [2.75, 3.05) is 31.3 Å². The summed E-state index contributed by atoms with van der Waals surface area (Å²) in [5.74, 6) is -0.494. The molecule has 21 heavy (non-hydrogen) atoms. The molecule has 2 atom stereocenters. The molecular weight excluding hydrogens is 295 g/mol. The van der Waals surface area contributed by atoms with Gasteiger partial charge < -0.3 is 15.3 Å². The van der Waals surface area contributed by atoms with E-state index in [-0.39, 0.29) is 23.5 Å². The van der Waals surface area contributed by atoms with Crippen LogP contribution in [0.25, 0.3) is 0 Å². The van der Waals surface area contributed by atoms with E-state index >= 15 is 0 Å². The summed E-state index contributed by atoms with van der Waals surface area (Å²) in [6.45, 7) is 1.19. The summed E-state index contributed by atoms with van der Waals surface area (Å²) in [5, 5.41) is 11.8. The highest BCUT2D eigenvalue weighted by atomic mass is 32.2. The quantitative estimate of drug-likeness (QED) is 0.894. The zero-order valence-corrected chi connectivity index (χ0v) is 12.7. The van der Waals surface area contributed by atoms with Crippen LogP contribution in [0.1, 0.15) is 12.8 Å². The van der Waals surface area contributed by atoms with Gasteiger partial charge in [-0.25, -0.2) is 9.18 Å². The summed E-state index contributed by atoms with van der Waals surface area (Å²) in [4.78, 5) is 13.8. The standard InChI is InChI=1S/C14H19FN2O3S/c1-21(20)13-5-4-11(7-12(13)15)16-14(19)17-6-2-3-10(8-17)9-18/h4-5,7,10,18H,2-3,6,8-9H2,1H3,(H,16,19). The van der Waals surface area contributed by atoms with Gasteiger partial charge in [-0.05, 0) is 37.0 Å². The van der Waals surface area contributed by atoms with Gasteiger partial charge in [-0.3, -0.25) is 4.21 Å². The van der Waals surface area contributed by atoms with Gasteiger partial charge in [-0.15, -0.1) is 0 Å². The van der Waals surface area contributed by atoms with E-state index in [4.69, 9.17) is 5.11 Å². The van der Waals surface area contributed by atoms with Crippen molar-refractivity contribution in [1.29, 1.82) is 0 Å². The Bertz CT molecular complexity index is 553. The van der Waals surface area contributed by atoms with Crippen LogP contribution in [0.2, 0.25) is 0 Å². The molecule has 1 aliphatic rings. The highest BCUT2D eigenvalue weighted by molar-refractivity contribution is 7.84. The van der Waals surface area contributed by atoms with Gasteiger partial charge in [0, 0.05) is 31.6 Å². The number of aliphatic hydroxyl groups is 1. The lowest BCUT2D eigenvalue weighted by Crippen LogP contribution is -2.43. The number of urea groups is 1. The summed E-state index contributed by atoms with van der Waals surface area (Å²) in [7, 11) is -1.40. The first-order chi connectivity index (χ1) is 10.0. The molecule has 1 aromatic carbocycles. The molecule has 0 aliphatic carbocycles. The molecular formula is C14H19FN2O3S. The highest BCUT2D eigenvalue weighted by Crippen LogP contribution is 2.19. The molecule has 2 N–H and O–H groups in total. The van der Waals surface area contributed by atoms with E-state index in [9.17, 15) is 13.4 Å². The number of rotatable bonds is 3. The van der Waals surface area contributed by atoms with E-state index in [0.717, 1.165) is 12.8 Å². The van der Waals surface area contributed by atoms with Crippen molar-refractivity contribution in [2.24, 2.45) is 5.92 Å². The van der Waals surface area contributed by atoms with Gasteiger partial charge in [0.2, 0.25) is 0 Å². The Labute approximate surface area is 125 Å². The maximum Gasteiger partial charge on any atom is 0.321 e. The van der Waals surface area contributed by atoms with Gasteiger partial charge in [0.05, 0.1) is 15.7 Å². The molecule has 0 bridgehead atoms. The van der Waals surface area contributed by atoms with Crippen molar-refractivity contribution >= 4 is 22.5 Å². The van der Waals surface area contributed by atoms with Gasteiger partial charge in [0.25, 0.3) is 0 Å². The third-order valence-electron chi connectivity index (χ3n) is 3.56. The topological polar surface area (TPSA) is 69.6 Å². The van der Waals surface area contributed by atoms with Crippen LogP contribution in [0, 0.1) is 11.7 Å². The minimum absolute atomic E-state index is 0.0649. The Morgan fingerprint density at radius 2 is 2.33 bits per heavy atom. The lowest BCUT2D eigenvalue weighted by atomic mass is 9.99. The fourth-order valence-electron chi connectivity index (χ4n) is 2.41. The first-order valence-corrected chi connectivity index (χ1v) is 8.37. The number of piperidine rings is 1. The summed E-state index contributed by atoms with van der Waals surface area (Å²) >= 11 is 0. The Morgan fingerprint density at radius 3 is 2.95 bits per heavy atom. The van der Waals surface area contributed by atoms with Crippen LogP contribution < -0.4 is 5.32 Å². The van der Waals surface area contributed by atoms with Crippen LogP contribution in [-0.4, -0.2) is 46.2 Å². The predicted molar refractivity (Wildman–Crippen MR) is 79.1 cm³/mol. The van der Waals surface area contributed by atoms with Gasteiger partial charge >= 0.3 is 6.03 Å². The Balaban J connectivity index is 2.02. The van der Waals surface area contributed by atoms with Crippen LogP contribution in [-0.2, 0) is 10.8 Å². The molecule has 2 amide bonds. The van der Waals surface area contributed by atoms with Gasteiger partial charge in [-0.1, -0.05) is 0 Å². The number of hydrogen-bond donors (Lipinski definition) is 2. The lowest BCUT2D eigenvalue weighted by Gasteiger charge is -2.31. The van der Waals surface area contributed by atoms with E-state index in [1.165, 1.54) is 24.5 Å². The van der Waals surface area contributed by atoms with Gasteiger partial charge in [0.1, 0.15) is 5.82 Å². The first kappa shape index (κ1) is 15.9. The number of nitrogens with one attached hydrogen (secondary N) is 1. The Kier molecular flexibility index (Phi) is 5.30. The molecule has 1 heterocycles. The molecule has 7 heteroatoms. The van der Waals surface area contributed by atoms with Crippen LogP contribution in [0.5, 0.6) is 0 Å². The summed E-state index contributed by atoms with van der Waals surface area (Å²) in [6, 6.07) is 3.80. The molecule has 1 saturated heterocycles. The number of carbonyl (C=O) groups is 1. The second-order valence-electron chi connectivity index (χ2n) is 5.17. The van der Waals surface area contributed by atoms with Crippen LogP contribution >= 0.6 is 0 Å². The lowest BCUT2D eigenvalue weighted by molar-refractivity contribution is 0.136. The molecule has 0 aromatic heterocycles. The van der Waals surface area contributed by atoms with Crippen molar-refractivity contribution in [3.8, 4) is 0 Å². The maximum absolute atomic E-state index is 13.7. The predicted octanol–water partition coefficient (Wildman–Crippen LogP) is 1.80. The summed E-state index contributed by atoms with van der Waals surface area (Å²) in [6.07, 6.45) is 3.16. The molecule has 116 valence electrons. The monoisotopic (exact) mass is 314 g/mol. The van der Waals surface area contributed by atoms with Crippen molar-refractivity contribution < 1.29 is 18.5 Å². The zero-order chi connectivity index (χ0) is 15.4. The zero-order valence-electron chi connectivity index (χ0n) is 11.8. The number of halogens is 1. The highest BCUT2D eigenvalue weighted by Gasteiger charge is 2.23. The molecule has 0 radical (unpaired) electrons. The second-order valence-corrected chi connectivity index (χ2v) is 6.51. The van der Waals surface area contributed by atoms with Crippen molar-refractivity contribution in [3.63, 3.8) is 0 Å². The minimum atomic E-state index is -1.40. The van der Waals surface area contributed by atoms with E-state index in [1.807, 2.05) is 0 Å². The van der Waals surface area contributed by atoms with Crippen molar-refractivity contribution in [3.05, 3.63) is 24.0 Å². The number of anilines is 1. The minimum Gasteiger partial charge on any atom is -0.396 e. The number of amides is 2. The van der Waals surface area contributed by atoms with E-state index < -0.39 is 16.6 Å². The third-order valence-corrected chi connectivity index (χ3v) is 4.51. The molecule has 1 aromatic rings. The number of benzene rings is 1. The average Bonchev–Trinajstić information content (AvgIpc) is 2.47. The Morgan fingerprint density at radius 1 is 1.57 bits per heavy atom. The number of nitrogens with zero attached hydrogens (tertiary/aromatic N) is 1. The largest absolute Gasteiger partial charge is 0.396 e. The van der Waals surface area contributed by atoms with E-state index in [2.05, 4.69) is 5.32 Å². The number of likely N-dealkylation sites (tertiary alicyclic amines) is 1. The SMILES string of the molecule is CS(=O)c1ccc(NC(=O)N2CCCC(CO)C2)cc1F. The first-order valence-electron chi connectivity index (χ1n) is 6.81. The summed E-state index contributed by atoms with van der Waals surface area (Å²) < 4.78 is 25.0. The van der Waals surface area contributed by atoms with Crippen molar-refractivity contribution in [1.82, 2.24) is 4.90 Å². The molecule has 1 fully saturated rings. The molecule has 1 aliphatic heterocycles. The number of carbonyl (C=O) groups excluding carboxylic acids is 1. The number of hydrogen-bond acceptors (Lipinski definition) is 3. The molecule has 5 nitrogen and oxygen atoms in total. The average molecular weight is 314 g/mol. The van der Waals surface area contributed by atoms with Crippen LogP contribution in [0.15, 0.2) is 23.1 Å². The fraction of sp³-hybridized carbons (Fsp3) is 0.500. The molecule has 0 spiro atoms. The number of aliphatic hydroxyl groups excluding tert-OH is 1. The molecule has 0 saturated carbocycles. The normalized spacial score (nSPS) is 20.1. The molecule has 2 rings (SSSR count). The third kappa shape index (κ3) is 4.01.